The molecule has 3 aliphatic rings. The van der Waals surface area contributed by atoms with E-state index < -0.39 is 6.10 Å². The van der Waals surface area contributed by atoms with E-state index in [1.54, 1.807) is 0 Å². The van der Waals surface area contributed by atoms with Gasteiger partial charge in [-0.25, -0.2) is 0 Å². The predicted octanol–water partition coefficient (Wildman–Crippen LogP) is 3.45. The molecule has 3 heterocycles. The third-order valence-electron chi connectivity index (χ3n) is 6.20. The number of benzene rings is 2. The first-order chi connectivity index (χ1) is 14.7. The molecule has 2 aromatic carbocycles. The van der Waals surface area contributed by atoms with Crippen molar-refractivity contribution < 1.29 is 19.2 Å². The Balaban J connectivity index is 1.23. The molecule has 0 aliphatic carbocycles. The molecule has 1 amide bonds. The normalized spacial score (nSPS) is 25.7. The SMILES string of the molecule is O=C1C[C@H]([C@@H]2CCCN(C(=O)[C@H]3CC(c4ccccc4)=NO3)C2)Oc2ccccc21. The van der Waals surface area contributed by atoms with Crippen LogP contribution in [-0.4, -0.2) is 47.6 Å². The Morgan fingerprint density at radius 1 is 1.03 bits per heavy atom. The fraction of sp³-hybridized carbons (Fsp3) is 0.375. The predicted molar refractivity (Wildman–Crippen MR) is 112 cm³/mol. The quantitative estimate of drug-likeness (QED) is 0.786. The van der Waals surface area contributed by atoms with Crippen molar-refractivity contribution in [2.24, 2.45) is 11.1 Å². The molecule has 0 aromatic heterocycles. The summed E-state index contributed by atoms with van der Waals surface area (Å²) >= 11 is 0. The lowest BCUT2D eigenvalue weighted by atomic mass is 9.86. The molecule has 0 radical (unpaired) electrons. The molecule has 6 heteroatoms. The minimum Gasteiger partial charge on any atom is -0.489 e. The van der Waals surface area contributed by atoms with Gasteiger partial charge < -0.3 is 14.5 Å². The summed E-state index contributed by atoms with van der Waals surface area (Å²) < 4.78 is 6.16. The van der Waals surface area contributed by atoms with Crippen LogP contribution >= 0.6 is 0 Å². The average Bonchev–Trinajstić information content (AvgIpc) is 3.30. The van der Waals surface area contributed by atoms with Gasteiger partial charge in [0.15, 0.2) is 5.78 Å². The molecule has 5 rings (SSSR count). The van der Waals surface area contributed by atoms with E-state index in [0.29, 0.717) is 37.2 Å². The summed E-state index contributed by atoms with van der Waals surface area (Å²) in [6.07, 6.45) is 1.92. The van der Waals surface area contributed by atoms with Gasteiger partial charge in [0, 0.05) is 31.8 Å². The monoisotopic (exact) mass is 404 g/mol. The number of ketones is 1. The Labute approximate surface area is 175 Å². The van der Waals surface area contributed by atoms with E-state index in [1.807, 2.05) is 59.5 Å². The molecule has 0 saturated carbocycles. The number of hydrogen-bond donors (Lipinski definition) is 0. The third kappa shape index (κ3) is 3.58. The topological polar surface area (TPSA) is 68.2 Å². The molecule has 3 aliphatic heterocycles. The van der Waals surface area contributed by atoms with E-state index in [4.69, 9.17) is 9.57 Å². The van der Waals surface area contributed by atoms with E-state index in [0.717, 1.165) is 24.1 Å². The number of carbonyl (C=O) groups is 2. The molecule has 1 fully saturated rings. The van der Waals surface area contributed by atoms with Gasteiger partial charge in [-0.2, -0.15) is 0 Å². The van der Waals surface area contributed by atoms with Crippen LogP contribution in [0.3, 0.4) is 0 Å². The summed E-state index contributed by atoms with van der Waals surface area (Å²) in [5.74, 6) is 0.875. The first-order valence-corrected chi connectivity index (χ1v) is 10.5. The van der Waals surface area contributed by atoms with Crippen LogP contribution in [0.25, 0.3) is 0 Å². The summed E-state index contributed by atoms with van der Waals surface area (Å²) in [7, 11) is 0. The van der Waals surface area contributed by atoms with E-state index in [1.165, 1.54) is 0 Å². The first kappa shape index (κ1) is 18.9. The smallest absolute Gasteiger partial charge is 0.266 e. The van der Waals surface area contributed by atoms with Crippen LogP contribution in [0.1, 0.15) is 41.6 Å². The Hall–Kier alpha value is -3.15. The molecule has 0 N–H and O–H groups in total. The molecule has 0 spiro atoms. The highest BCUT2D eigenvalue weighted by Crippen LogP contribution is 2.33. The van der Waals surface area contributed by atoms with Gasteiger partial charge in [0.25, 0.3) is 5.91 Å². The summed E-state index contributed by atoms with van der Waals surface area (Å²) in [4.78, 5) is 33.0. The molecule has 0 unspecified atom stereocenters. The van der Waals surface area contributed by atoms with E-state index in [-0.39, 0.29) is 23.7 Å². The number of amides is 1. The molecule has 6 nitrogen and oxygen atoms in total. The maximum atomic E-state index is 13.1. The molecule has 3 atom stereocenters. The Morgan fingerprint density at radius 2 is 1.83 bits per heavy atom. The summed E-state index contributed by atoms with van der Waals surface area (Å²) in [6.45, 7) is 1.28. The molecule has 154 valence electrons. The van der Waals surface area contributed by atoms with Crippen molar-refractivity contribution in [3.63, 3.8) is 0 Å². The average molecular weight is 404 g/mol. The highest BCUT2D eigenvalue weighted by molar-refractivity contribution is 6.04. The van der Waals surface area contributed by atoms with E-state index in [2.05, 4.69) is 5.16 Å². The second-order valence-corrected chi connectivity index (χ2v) is 8.17. The minimum absolute atomic E-state index is 0.0306. The Kier molecular flexibility index (Phi) is 4.99. The van der Waals surface area contributed by atoms with Gasteiger partial charge in [-0.15, -0.1) is 0 Å². The number of oxime groups is 1. The lowest BCUT2D eigenvalue weighted by Gasteiger charge is -2.38. The van der Waals surface area contributed by atoms with Crippen LogP contribution in [0.15, 0.2) is 59.8 Å². The van der Waals surface area contributed by atoms with Gasteiger partial charge in [0.1, 0.15) is 11.9 Å². The van der Waals surface area contributed by atoms with Crippen LogP contribution in [0, 0.1) is 5.92 Å². The fourth-order valence-corrected chi connectivity index (χ4v) is 4.59. The number of hydrogen-bond acceptors (Lipinski definition) is 5. The zero-order chi connectivity index (χ0) is 20.5. The number of ether oxygens (including phenoxy) is 1. The summed E-state index contributed by atoms with van der Waals surface area (Å²) in [5.41, 5.74) is 2.44. The number of carbonyl (C=O) groups excluding carboxylic acids is 2. The van der Waals surface area contributed by atoms with Gasteiger partial charge in [-0.3, -0.25) is 9.59 Å². The van der Waals surface area contributed by atoms with E-state index in [9.17, 15) is 9.59 Å². The number of para-hydroxylation sites is 1. The minimum atomic E-state index is -0.575. The largest absolute Gasteiger partial charge is 0.489 e. The number of Topliss-reactive ketones (excluding diaryl/α,β-unsaturated/α-hetero) is 1. The molecule has 0 bridgehead atoms. The lowest BCUT2D eigenvalue weighted by molar-refractivity contribution is -0.144. The van der Waals surface area contributed by atoms with E-state index >= 15 is 0 Å². The summed E-state index contributed by atoms with van der Waals surface area (Å²) in [6, 6.07) is 17.2. The van der Waals surface area contributed by atoms with Crippen molar-refractivity contribution in [2.45, 2.75) is 37.9 Å². The fourth-order valence-electron chi connectivity index (χ4n) is 4.59. The first-order valence-electron chi connectivity index (χ1n) is 10.5. The lowest BCUT2D eigenvalue weighted by Crippen LogP contribution is -2.49. The zero-order valence-corrected chi connectivity index (χ0v) is 16.7. The van der Waals surface area contributed by atoms with Gasteiger partial charge >= 0.3 is 0 Å². The molecule has 1 saturated heterocycles. The highest BCUT2D eigenvalue weighted by atomic mass is 16.6. The van der Waals surface area contributed by atoms with Crippen molar-refractivity contribution in [1.29, 1.82) is 0 Å². The van der Waals surface area contributed by atoms with Crippen LogP contribution in [0.2, 0.25) is 0 Å². The van der Waals surface area contributed by atoms with Crippen molar-refractivity contribution in [3.05, 3.63) is 65.7 Å². The van der Waals surface area contributed by atoms with Gasteiger partial charge in [-0.1, -0.05) is 47.6 Å². The van der Waals surface area contributed by atoms with Crippen molar-refractivity contribution >= 4 is 17.4 Å². The molecular weight excluding hydrogens is 380 g/mol. The van der Waals surface area contributed by atoms with Crippen molar-refractivity contribution in [2.75, 3.05) is 13.1 Å². The molecular formula is C24H24N2O4. The van der Waals surface area contributed by atoms with Gasteiger partial charge in [-0.05, 0) is 30.5 Å². The highest BCUT2D eigenvalue weighted by Gasteiger charge is 2.39. The van der Waals surface area contributed by atoms with Gasteiger partial charge in [0.05, 0.1) is 11.3 Å². The molecule has 2 aromatic rings. The van der Waals surface area contributed by atoms with Gasteiger partial charge in [0.2, 0.25) is 6.10 Å². The number of piperidine rings is 1. The summed E-state index contributed by atoms with van der Waals surface area (Å²) in [5, 5.41) is 4.15. The number of nitrogens with zero attached hydrogens (tertiary/aromatic N) is 2. The second kappa shape index (κ2) is 7.94. The maximum absolute atomic E-state index is 13.1. The molecule has 30 heavy (non-hydrogen) atoms. The maximum Gasteiger partial charge on any atom is 0.266 e. The van der Waals surface area contributed by atoms with Crippen LogP contribution in [0.4, 0.5) is 0 Å². The third-order valence-corrected chi connectivity index (χ3v) is 6.20. The van der Waals surface area contributed by atoms with Crippen LogP contribution in [-0.2, 0) is 9.63 Å². The van der Waals surface area contributed by atoms with Crippen molar-refractivity contribution in [3.8, 4) is 5.75 Å². The standard InChI is InChI=1S/C24H24N2O4/c27-20-14-22(29-21-11-5-4-10-18(20)21)17-9-6-12-26(15-17)24(28)23-13-19(25-30-23)16-7-2-1-3-8-16/h1-5,7-8,10-11,17,22-23H,6,9,12-15H2/t17-,22-,23-/m1/s1. The Morgan fingerprint density at radius 3 is 2.70 bits per heavy atom. The van der Waals surface area contributed by atoms with Crippen LogP contribution < -0.4 is 4.74 Å². The van der Waals surface area contributed by atoms with Crippen LogP contribution in [0.5, 0.6) is 5.75 Å². The number of likely N-dealkylation sites (tertiary alicyclic amines) is 1. The Bertz CT molecular complexity index is 988. The number of fused-ring (bicyclic) bond motifs is 1. The number of rotatable bonds is 3. The van der Waals surface area contributed by atoms with Crippen molar-refractivity contribution in [1.82, 2.24) is 4.90 Å². The zero-order valence-electron chi connectivity index (χ0n) is 16.7. The second-order valence-electron chi connectivity index (χ2n) is 8.17.